The van der Waals surface area contributed by atoms with Gasteiger partial charge in [-0.25, -0.2) is 0 Å². The summed E-state index contributed by atoms with van der Waals surface area (Å²) < 4.78 is 4.82. The number of hydrogen-bond acceptors (Lipinski definition) is 5. The molecule has 2 aromatic rings. The summed E-state index contributed by atoms with van der Waals surface area (Å²) >= 11 is 0. The second-order valence-corrected chi connectivity index (χ2v) is 3.66. The van der Waals surface area contributed by atoms with Crippen LogP contribution in [0.4, 0.5) is 0 Å². The third-order valence-electron chi connectivity index (χ3n) is 2.15. The molecule has 82 valence electrons. The summed E-state index contributed by atoms with van der Waals surface area (Å²) in [5.74, 6) is 0.114. The first kappa shape index (κ1) is 10.5. The van der Waals surface area contributed by atoms with Gasteiger partial charge in [-0.2, -0.15) is 4.98 Å². The van der Waals surface area contributed by atoms with E-state index < -0.39 is 0 Å². The minimum atomic E-state index is -0.247. The second-order valence-electron chi connectivity index (χ2n) is 3.66. The van der Waals surface area contributed by atoms with Gasteiger partial charge in [-0.05, 0) is 25.0 Å². The second kappa shape index (κ2) is 3.84. The summed E-state index contributed by atoms with van der Waals surface area (Å²) in [5, 5.41) is 3.73. The van der Waals surface area contributed by atoms with Crippen molar-refractivity contribution in [3.8, 4) is 11.5 Å². The number of nitrogens with zero attached hydrogens (tertiary/aromatic N) is 3. The van der Waals surface area contributed by atoms with Gasteiger partial charge in [-0.15, -0.1) is 0 Å². The Bertz CT molecular complexity index is 546. The number of hydrogen-bond donors (Lipinski definition) is 0. The van der Waals surface area contributed by atoms with E-state index in [0.717, 1.165) is 11.1 Å². The van der Waals surface area contributed by atoms with Crippen LogP contribution in [-0.4, -0.2) is 20.9 Å². The van der Waals surface area contributed by atoms with Gasteiger partial charge in [-0.3, -0.25) is 9.78 Å². The third-order valence-corrected chi connectivity index (χ3v) is 2.15. The highest BCUT2D eigenvalue weighted by molar-refractivity contribution is 5.89. The van der Waals surface area contributed by atoms with Crippen LogP contribution >= 0.6 is 0 Å². The molecule has 2 aromatic heterocycles. The molecular formula is C11H11N3O2. The average molecular weight is 217 g/mol. The Morgan fingerprint density at radius 2 is 2.12 bits per heavy atom. The predicted octanol–water partition coefficient (Wildman–Crippen LogP) is 1.95. The van der Waals surface area contributed by atoms with Crippen molar-refractivity contribution in [1.29, 1.82) is 0 Å². The smallest absolute Gasteiger partial charge is 0.294 e. The Labute approximate surface area is 92.5 Å². The Hall–Kier alpha value is -2.04. The molecule has 0 N–H and O–H groups in total. The van der Waals surface area contributed by atoms with E-state index >= 15 is 0 Å². The van der Waals surface area contributed by atoms with Crippen LogP contribution in [0.5, 0.6) is 0 Å². The highest BCUT2D eigenvalue weighted by Gasteiger charge is 2.14. The van der Waals surface area contributed by atoms with Gasteiger partial charge in [0, 0.05) is 13.1 Å². The molecule has 16 heavy (non-hydrogen) atoms. The SMILES string of the molecule is CC(=O)c1nc(-c2ncc(C)cc2C)no1. The van der Waals surface area contributed by atoms with Crippen molar-refractivity contribution in [2.24, 2.45) is 0 Å². The summed E-state index contributed by atoms with van der Waals surface area (Å²) in [5.41, 5.74) is 2.66. The van der Waals surface area contributed by atoms with E-state index in [1.807, 2.05) is 19.9 Å². The number of pyridine rings is 1. The van der Waals surface area contributed by atoms with Crippen molar-refractivity contribution >= 4 is 5.78 Å². The van der Waals surface area contributed by atoms with Crippen molar-refractivity contribution in [3.63, 3.8) is 0 Å². The summed E-state index contributed by atoms with van der Waals surface area (Å²) in [6.07, 6.45) is 1.73. The fourth-order valence-electron chi connectivity index (χ4n) is 1.41. The van der Waals surface area contributed by atoms with Crippen LogP contribution in [0.25, 0.3) is 11.5 Å². The van der Waals surface area contributed by atoms with E-state index in [4.69, 9.17) is 4.52 Å². The van der Waals surface area contributed by atoms with E-state index in [0.29, 0.717) is 11.5 Å². The van der Waals surface area contributed by atoms with Crippen molar-refractivity contribution in [1.82, 2.24) is 15.1 Å². The summed E-state index contributed by atoms with van der Waals surface area (Å²) in [6, 6.07) is 1.98. The molecule has 0 amide bonds. The van der Waals surface area contributed by atoms with Crippen LogP contribution in [-0.2, 0) is 0 Å². The number of aryl methyl sites for hydroxylation is 2. The van der Waals surface area contributed by atoms with Crippen molar-refractivity contribution in [3.05, 3.63) is 29.3 Å². The maximum atomic E-state index is 11.0. The minimum absolute atomic E-state index is 0.0109. The summed E-state index contributed by atoms with van der Waals surface area (Å²) in [7, 11) is 0. The van der Waals surface area contributed by atoms with E-state index in [-0.39, 0.29) is 11.7 Å². The maximum absolute atomic E-state index is 11.0. The molecule has 0 atom stereocenters. The first-order valence-corrected chi connectivity index (χ1v) is 4.86. The molecular weight excluding hydrogens is 206 g/mol. The van der Waals surface area contributed by atoms with Gasteiger partial charge in [0.05, 0.1) is 0 Å². The van der Waals surface area contributed by atoms with Gasteiger partial charge >= 0.3 is 0 Å². The quantitative estimate of drug-likeness (QED) is 0.719. The lowest BCUT2D eigenvalue weighted by Gasteiger charge is -1.99. The molecule has 0 aliphatic heterocycles. The average Bonchev–Trinajstić information content (AvgIpc) is 2.66. The number of carbonyl (C=O) groups is 1. The fourth-order valence-corrected chi connectivity index (χ4v) is 1.41. The van der Waals surface area contributed by atoms with Crippen LogP contribution in [0.1, 0.15) is 28.7 Å². The van der Waals surface area contributed by atoms with Crippen molar-refractivity contribution in [2.75, 3.05) is 0 Å². The third kappa shape index (κ3) is 1.84. The molecule has 5 heteroatoms. The van der Waals surface area contributed by atoms with Crippen LogP contribution < -0.4 is 0 Å². The molecule has 0 aliphatic rings. The highest BCUT2D eigenvalue weighted by Crippen LogP contribution is 2.18. The molecule has 0 aliphatic carbocycles. The van der Waals surface area contributed by atoms with Gasteiger partial charge in [0.2, 0.25) is 11.6 Å². The molecule has 0 saturated heterocycles. The number of Topliss-reactive ketones (excluding diaryl/α,β-unsaturated/α-hetero) is 1. The van der Waals surface area contributed by atoms with E-state index in [2.05, 4.69) is 15.1 Å². The van der Waals surface area contributed by atoms with Crippen LogP contribution in [0.15, 0.2) is 16.8 Å². The highest BCUT2D eigenvalue weighted by atomic mass is 16.5. The lowest BCUT2D eigenvalue weighted by molar-refractivity contribution is 0.0972. The van der Waals surface area contributed by atoms with E-state index in [1.165, 1.54) is 6.92 Å². The lowest BCUT2D eigenvalue weighted by atomic mass is 10.1. The van der Waals surface area contributed by atoms with Crippen molar-refractivity contribution in [2.45, 2.75) is 20.8 Å². The van der Waals surface area contributed by atoms with Crippen LogP contribution in [0.2, 0.25) is 0 Å². The van der Waals surface area contributed by atoms with Crippen LogP contribution in [0.3, 0.4) is 0 Å². The molecule has 0 aromatic carbocycles. The molecule has 0 spiro atoms. The summed E-state index contributed by atoms with van der Waals surface area (Å²) in [4.78, 5) is 19.2. The maximum Gasteiger partial charge on any atom is 0.294 e. The van der Waals surface area contributed by atoms with Gasteiger partial charge < -0.3 is 4.52 Å². The predicted molar refractivity (Wildman–Crippen MR) is 57.0 cm³/mol. The normalized spacial score (nSPS) is 10.4. The zero-order valence-electron chi connectivity index (χ0n) is 9.31. The molecule has 0 unspecified atom stereocenters. The number of ketones is 1. The van der Waals surface area contributed by atoms with E-state index in [1.54, 1.807) is 6.20 Å². The lowest BCUT2D eigenvalue weighted by Crippen LogP contribution is -1.94. The largest absolute Gasteiger partial charge is 0.330 e. The van der Waals surface area contributed by atoms with Crippen molar-refractivity contribution < 1.29 is 9.32 Å². The number of carbonyl (C=O) groups excluding carboxylic acids is 1. The standard InChI is InChI=1S/C11H11N3O2/c1-6-4-7(2)9(12-5-6)10-13-11(8(3)15)16-14-10/h4-5H,1-3H3. The molecule has 5 nitrogen and oxygen atoms in total. The van der Waals surface area contributed by atoms with Gasteiger partial charge in [0.25, 0.3) is 5.89 Å². The molecule has 0 saturated carbocycles. The Balaban J connectivity index is 2.46. The topological polar surface area (TPSA) is 68.9 Å². The van der Waals surface area contributed by atoms with Gasteiger partial charge in [-0.1, -0.05) is 11.2 Å². The Morgan fingerprint density at radius 3 is 2.69 bits per heavy atom. The van der Waals surface area contributed by atoms with Gasteiger partial charge in [0.15, 0.2) is 0 Å². The molecule has 0 fully saturated rings. The zero-order chi connectivity index (χ0) is 11.7. The molecule has 0 bridgehead atoms. The van der Waals surface area contributed by atoms with Gasteiger partial charge in [0.1, 0.15) is 5.69 Å². The first-order chi connectivity index (χ1) is 7.58. The molecule has 0 radical (unpaired) electrons. The fraction of sp³-hybridized carbons (Fsp3) is 0.273. The van der Waals surface area contributed by atoms with Crippen LogP contribution in [0, 0.1) is 13.8 Å². The minimum Gasteiger partial charge on any atom is -0.330 e. The summed E-state index contributed by atoms with van der Waals surface area (Å²) in [6.45, 7) is 5.26. The molecule has 2 rings (SSSR count). The van der Waals surface area contributed by atoms with E-state index in [9.17, 15) is 4.79 Å². The number of rotatable bonds is 2. The zero-order valence-corrected chi connectivity index (χ0v) is 9.31. The number of aromatic nitrogens is 3. The molecule has 2 heterocycles. The Morgan fingerprint density at radius 1 is 1.38 bits per heavy atom. The first-order valence-electron chi connectivity index (χ1n) is 4.86. The monoisotopic (exact) mass is 217 g/mol. The Kier molecular flexibility index (Phi) is 2.52.